The first-order valence-corrected chi connectivity index (χ1v) is 8.73. The number of rotatable bonds is 7. The highest BCUT2D eigenvalue weighted by molar-refractivity contribution is 7.99. The Labute approximate surface area is 157 Å². The summed E-state index contributed by atoms with van der Waals surface area (Å²) in [6.07, 6.45) is 1.63. The number of hydrogen-bond acceptors (Lipinski definition) is 6. The summed E-state index contributed by atoms with van der Waals surface area (Å²) >= 11 is 1.08. The summed E-state index contributed by atoms with van der Waals surface area (Å²) in [4.78, 5) is 16.0. The lowest BCUT2D eigenvalue weighted by Gasteiger charge is -2.04. The Bertz CT molecular complexity index is 948. The zero-order valence-corrected chi connectivity index (χ0v) is 14.6. The Hall–Kier alpha value is -3.27. The molecule has 0 fully saturated rings. The van der Waals surface area contributed by atoms with Crippen molar-refractivity contribution >= 4 is 35.5 Å². The summed E-state index contributed by atoms with van der Waals surface area (Å²) in [6.45, 7) is 0. The number of nitrogens with one attached hydrogen (secondary N) is 3. The predicted molar refractivity (Wildman–Crippen MR) is 99.8 cm³/mol. The van der Waals surface area contributed by atoms with E-state index in [2.05, 4.69) is 31.0 Å². The third-order valence-electron chi connectivity index (χ3n) is 3.18. The fourth-order valence-corrected chi connectivity index (χ4v) is 2.57. The van der Waals surface area contributed by atoms with Crippen LogP contribution in [-0.4, -0.2) is 33.1 Å². The van der Waals surface area contributed by atoms with E-state index >= 15 is 0 Å². The minimum atomic E-state index is -1.03. The SMILES string of the molecule is O=C(CSc1n[nH]c(N/N=C\c2ccccc2)n1)Nc1ccc(F)c(F)c1. The molecule has 0 radical (unpaired) electrons. The van der Waals surface area contributed by atoms with Crippen LogP contribution in [0.25, 0.3) is 0 Å². The van der Waals surface area contributed by atoms with Gasteiger partial charge in [-0.25, -0.2) is 19.3 Å². The van der Waals surface area contributed by atoms with Gasteiger partial charge in [0.2, 0.25) is 17.0 Å². The van der Waals surface area contributed by atoms with Crippen LogP contribution in [0.5, 0.6) is 0 Å². The van der Waals surface area contributed by atoms with Gasteiger partial charge >= 0.3 is 0 Å². The molecule has 0 saturated heterocycles. The number of benzene rings is 2. The normalized spacial score (nSPS) is 10.9. The van der Waals surface area contributed by atoms with Gasteiger partial charge in [-0.15, -0.1) is 5.10 Å². The Morgan fingerprint density at radius 1 is 1.19 bits per heavy atom. The first-order chi connectivity index (χ1) is 13.1. The molecule has 0 saturated carbocycles. The molecule has 27 heavy (non-hydrogen) atoms. The molecular weight excluding hydrogens is 374 g/mol. The molecule has 1 heterocycles. The first-order valence-electron chi connectivity index (χ1n) is 7.74. The van der Waals surface area contributed by atoms with E-state index in [4.69, 9.17) is 0 Å². The van der Waals surface area contributed by atoms with Crippen LogP contribution in [0.2, 0.25) is 0 Å². The fraction of sp³-hybridized carbons (Fsp3) is 0.0588. The van der Waals surface area contributed by atoms with Crippen LogP contribution in [0.3, 0.4) is 0 Å². The summed E-state index contributed by atoms with van der Waals surface area (Å²) in [7, 11) is 0. The number of H-pyrrole nitrogens is 1. The summed E-state index contributed by atoms with van der Waals surface area (Å²) in [5.41, 5.74) is 3.80. The van der Waals surface area contributed by atoms with Gasteiger partial charge in [0.15, 0.2) is 11.6 Å². The van der Waals surface area contributed by atoms with Crippen molar-refractivity contribution in [1.29, 1.82) is 0 Å². The topological polar surface area (TPSA) is 95.1 Å². The zero-order chi connectivity index (χ0) is 19.1. The monoisotopic (exact) mass is 388 g/mol. The average molecular weight is 388 g/mol. The van der Waals surface area contributed by atoms with Crippen molar-refractivity contribution in [2.24, 2.45) is 5.10 Å². The van der Waals surface area contributed by atoms with Crippen LogP contribution in [0, 0.1) is 11.6 Å². The average Bonchev–Trinajstić information content (AvgIpc) is 3.12. The van der Waals surface area contributed by atoms with Gasteiger partial charge in [-0.05, 0) is 17.7 Å². The number of amides is 1. The van der Waals surface area contributed by atoms with Gasteiger partial charge < -0.3 is 5.32 Å². The van der Waals surface area contributed by atoms with Crippen LogP contribution in [0.15, 0.2) is 58.8 Å². The fourth-order valence-electron chi connectivity index (χ4n) is 1.97. The van der Waals surface area contributed by atoms with Crippen LogP contribution in [-0.2, 0) is 4.79 Å². The molecule has 3 aromatic rings. The second-order valence-electron chi connectivity index (χ2n) is 5.21. The lowest BCUT2D eigenvalue weighted by Crippen LogP contribution is -2.14. The third-order valence-corrected chi connectivity index (χ3v) is 4.03. The standard InChI is InChI=1S/C17H14F2N6OS/c18-13-7-6-12(8-14(13)19)21-15(26)10-27-17-22-16(24-25-17)23-20-9-11-4-2-1-3-5-11/h1-9H,10H2,(H,21,26)(H2,22,23,24,25)/b20-9-. The smallest absolute Gasteiger partial charge is 0.240 e. The summed E-state index contributed by atoms with van der Waals surface area (Å²) in [6, 6.07) is 12.6. The van der Waals surface area contributed by atoms with Crippen molar-refractivity contribution in [1.82, 2.24) is 15.2 Å². The molecular formula is C17H14F2N6OS. The molecule has 7 nitrogen and oxygen atoms in total. The third kappa shape index (κ3) is 5.61. The predicted octanol–water partition coefficient (Wildman–Crippen LogP) is 3.26. The van der Waals surface area contributed by atoms with E-state index in [1.165, 1.54) is 6.07 Å². The molecule has 1 amide bonds. The van der Waals surface area contributed by atoms with Crippen molar-refractivity contribution in [2.75, 3.05) is 16.5 Å². The second-order valence-corrected chi connectivity index (χ2v) is 6.16. The van der Waals surface area contributed by atoms with Crippen LogP contribution in [0.4, 0.5) is 20.4 Å². The number of hydrogen-bond donors (Lipinski definition) is 3. The minimum Gasteiger partial charge on any atom is -0.325 e. The van der Waals surface area contributed by atoms with Gasteiger partial charge in [0.05, 0.1) is 12.0 Å². The van der Waals surface area contributed by atoms with Gasteiger partial charge in [-0.1, -0.05) is 42.1 Å². The second kappa shape index (κ2) is 8.90. The van der Waals surface area contributed by atoms with E-state index < -0.39 is 17.5 Å². The van der Waals surface area contributed by atoms with E-state index in [9.17, 15) is 13.6 Å². The van der Waals surface area contributed by atoms with E-state index in [0.717, 1.165) is 29.5 Å². The van der Waals surface area contributed by atoms with Crippen molar-refractivity contribution in [3.63, 3.8) is 0 Å². The van der Waals surface area contributed by atoms with Gasteiger partial charge in [0.1, 0.15) is 0 Å². The number of halogens is 2. The Morgan fingerprint density at radius 2 is 2.00 bits per heavy atom. The van der Waals surface area contributed by atoms with Crippen molar-refractivity contribution in [3.8, 4) is 0 Å². The highest BCUT2D eigenvalue weighted by atomic mass is 32.2. The number of carbonyl (C=O) groups excluding carboxylic acids is 1. The van der Waals surface area contributed by atoms with Gasteiger partial charge in [0.25, 0.3) is 0 Å². The van der Waals surface area contributed by atoms with E-state index in [0.29, 0.717) is 11.1 Å². The number of anilines is 2. The molecule has 0 aliphatic rings. The van der Waals surface area contributed by atoms with Crippen LogP contribution >= 0.6 is 11.8 Å². The van der Waals surface area contributed by atoms with E-state index in [1.54, 1.807) is 6.21 Å². The quantitative estimate of drug-likeness (QED) is 0.328. The van der Waals surface area contributed by atoms with Gasteiger partial charge in [-0.3, -0.25) is 4.79 Å². The molecule has 3 N–H and O–H groups in total. The van der Waals surface area contributed by atoms with E-state index in [-0.39, 0.29) is 11.4 Å². The molecule has 0 atom stereocenters. The van der Waals surface area contributed by atoms with Crippen LogP contribution in [0.1, 0.15) is 5.56 Å². The van der Waals surface area contributed by atoms with Gasteiger partial charge in [-0.2, -0.15) is 10.1 Å². The van der Waals surface area contributed by atoms with E-state index in [1.807, 2.05) is 30.3 Å². The van der Waals surface area contributed by atoms with Gasteiger partial charge in [0, 0.05) is 11.8 Å². The molecule has 2 aromatic carbocycles. The van der Waals surface area contributed by atoms with Crippen molar-refractivity contribution in [3.05, 3.63) is 65.7 Å². The molecule has 0 spiro atoms. The zero-order valence-electron chi connectivity index (χ0n) is 13.8. The maximum atomic E-state index is 13.1. The summed E-state index contributed by atoms with van der Waals surface area (Å²) in [5, 5.41) is 13.4. The lowest BCUT2D eigenvalue weighted by atomic mass is 10.2. The minimum absolute atomic E-state index is 0.00354. The number of hydrazone groups is 1. The molecule has 138 valence electrons. The summed E-state index contributed by atoms with van der Waals surface area (Å²) in [5.74, 6) is -2.07. The van der Waals surface area contributed by atoms with Crippen LogP contribution < -0.4 is 10.7 Å². The molecule has 10 heteroatoms. The molecule has 1 aromatic heterocycles. The first kappa shape index (κ1) is 18.5. The lowest BCUT2D eigenvalue weighted by molar-refractivity contribution is -0.113. The number of aromatic amines is 1. The Balaban J connectivity index is 1.46. The highest BCUT2D eigenvalue weighted by Gasteiger charge is 2.09. The molecule has 0 bridgehead atoms. The van der Waals surface area contributed by atoms with Crippen molar-refractivity contribution < 1.29 is 13.6 Å². The maximum absolute atomic E-state index is 13.1. The summed E-state index contributed by atoms with van der Waals surface area (Å²) < 4.78 is 26.0. The highest BCUT2D eigenvalue weighted by Crippen LogP contribution is 2.16. The largest absolute Gasteiger partial charge is 0.325 e. The number of nitrogens with zero attached hydrogens (tertiary/aromatic N) is 3. The maximum Gasteiger partial charge on any atom is 0.240 e. The molecule has 0 aliphatic carbocycles. The molecule has 0 unspecified atom stereocenters. The number of thioether (sulfide) groups is 1. The Morgan fingerprint density at radius 3 is 2.78 bits per heavy atom. The Kier molecular flexibility index (Phi) is 6.10. The van der Waals surface area contributed by atoms with Crippen molar-refractivity contribution in [2.45, 2.75) is 5.16 Å². The molecule has 3 rings (SSSR count). The number of carbonyl (C=O) groups is 1. The number of aromatic nitrogens is 3. The molecule has 0 aliphatic heterocycles.